The Hall–Kier alpha value is -3.75. The Labute approximate surface area is 286 Å². The molecule has 49 heavy (non-hydrogen) atoms. The van der Waals surface area contributed by atoms with Crippen LogP contribution in [0, 0.1) is 0 Å². The van der Waals surface area contributed by atoms with Crippen LogP contribution in [0.3, 0.4) is 0 Å². The summed E-state index contributed by atoms with van der Waals surface area (Å²) in [5.41, 5.74) is 0.0111. The van der Waals surface area contributed by atoms with Crippen LogP contribution in [0.15, 0.2) is 73.1 Å². The van der Waals surface area contributed by atoms with Gasteiger partial charge in [0.05, 0.1) is 17.8 Å². The monoisotopic (exact) mass is 716 g/mol. The Kier molecular flexibility index (Phi) is 9.80. The van der Waals surface area contributed by atoms with Crippen LogP contribution in [0.5, 0.6) is 5.75 Å². The van der Waals surface area contributed by atoms with E-state index in [0.717, 1.165) is 36.1 Å². The zero-order valence-electron chi connectivity index (χ0n) is 26.2. The van der Waals surface area contributed by atoms with Gasteiger partial charge in [-0.05, 0) is 73.2 Å². The van der Waals surface area contributed by atoms with Crippen LogP contribution >= 0.6 is 19.8 Å². The molecule has 2 saturated heterocycles. The number of hydrogen-bond acceptors (Lipinski definition) is 10. The molecule has 0 saturated carbocycles. The van der Waals surface area contributed by atoms with E-state index in [2.05, 4.69) is 15.2 Å². The molecule has 0 radical (unpaired) electrons. The maximum Gasteiger partial charge on any atom is 0.573 e. The molecule has 0 aliphatic carbocycles. The third kappa shape index (κ3) is 8.02. The van der Waals surface area contributed by atoms with Crippen molar-refractivity contribution >= 4 is 37.2 Å². The summed E-state index contributed by atoms with van der Waals surface area (Å²) in [6.07, 6.45) is 5.82. The molecule has 12 nitrogen and oxygen atoms in total. The molecule has 0 spiro atoms. The Balaban J connectivity index is 1.12. The fourth-order valence-corrected chi connectivity index (χ4v) is 7.51. The van der Waals surface area contributed by atoms with Crippen LogP contribution in [-0.4, -0.2) is 56.9 Å². The van der Waals surface area contributed by atoms with Gasteiger partial charge in [-0.25, -0.2) is 9.67 Å². The van der Waals surface area contributed by atoms with Crippen LogP contribution in [0.2, 0.25) is 0 Å². The Bertz CT molecular complexity index is 1760. The minimum absolute atomic E-state index is 0.158. The molecule has 2 atom stereocenters. The standard InChI is InChI=1S/C33H33ClF2N5O7P/c34-33(35,36)47-26-10-8-25(9-11-26)39-32(42)24-17-28(29-12-14-38-41(29)30-7-3-4-16-44-30)31(37-18-24)40-15-13-27(19-40)48-49(43)45-20-22-5-1-2-6-23(22)21-46-49/h1-2,5-6,8-12,14,17-18,27,30,43H,3-4,7,13,15-16,19-21H2/p+1. The summed E-state index contributed by atoms with van der Waals surface area (Å²) in [4.78, 5) is 31.4. The van der Waals surface area contributed by atoms with E-state index in [0.29, 0.717) is 43.2 Å². The van der Waals surface area contributed by atoms with Gasteiger partial charge in [-0.2, -0.15) is 9.99 Å². The number of benzene rings is 2. The Morgan fingerprint density at radius 2 is 1.82 bits per heavy atom. The van der Waals surface area contributed by atoms with E-state index < -0.39 is 25.7 Å². The van der Waals surface area contributed by atoms with Gasteiger partial charge in [0.1, 0.15) is 30.9 Å². The molecular formula is C33H34ClF2N5O7P+. The predicted octanol–water partition coefficient (Wildman–Crippen LogP) is 7.08. The van der Waals surface area contributed by atoms with Crippen molar-refractivity contribution in [2.45, 2.75) is 56.8 Å². The van der Waals surface area contributed by atoms with Gasteiger partial charge >= 0.3 is 13.7 Å². The second kappa shape index (κ2) is 14.2. The number of carbonyl (C=O) groups excluding carboxylic acids is 1. The first-order valence-electron chi connectivity index (χ1n) is 15.9. The highest BCUT2D eigenvalue weighted by Gasteiger charge is 2.50. The van der Waals surface area contributed by atoms with Gasteiger partial charge in [0.2, 0.25) is 0 Å². The third-order valence-electron chi connectivity index (χ3n) is 8.46. The predicted molar refractivity (Wildman–Crippen MR) is 177 cm³/mol. The summed E-state index contributed by atoms with van der Waals surface area (Å²) in [5.74, 6) is -0.0204. The number of amides is 1. The first-order valence-corrected chi connectivity index (χ1v) is 17.7. The number of carbonyl (C=O) groups is 1. The maximum atomic E-state index is 13.4. The lowest BCUT2D eigenvalue weighted by atomic mass is 10.1. The normalized spacial score (nSPS) is 20.8. The number of nitrogens with zero attached hydrogens (tertiary/aromatic N) is 4. The maximum absolute atomic E-state index is 13.4. The molecule has 3 aliphatic rings. The number of rotatable bonds is 9. The summed E-state index contributed by atoms with van der Waals surface area (Å²) in [7, 11) is -3.59. The molecule has 0 bridgehead atoms. The average molecular weight is 717 g/mol. The molecule has 16 heteroatoms. The van der Waals surface area contributed by atoms with Crippen molar-refractivity contribution in [3.05, 3.63) is 89.7 Å². The lowest BCUT2D eigenvalue weighted by Gasteiger charge is -2.26. The van der Waals surface area contributed by atoms with Crippen LogP contribution in [0.1, 0.15) is 53.4 Å². The number of ether oxygens (including phenoxy) is 2. The number of pyridine rings is 1. The van der Waals surface area contributed by atoms with Crippen LogP contribution in [-0.2, 0) is 31.5 Å². The first-order chi connectivity index (χ1) is 23.6. The molecular weight excluding hydrogens is 683 g/mol. The van der Waals surface area contributed by atoms with Gasteiger partial charge in [0.25, 0.3) is 5.91 Å². The molecule has 4 aromatic rings. The highest BCUT2D eigenvalue weighted by molar-refractivity contribution is 7.55. The molecule has 2 fully saturated rings. The van der Waals surface area contributed by atoms with Crippen molar-refractivity contribution < 1.29 is 41.5 Å². The van der Waals surface area contributed by atoms with Crippen molar-refractivity contribution in [2.75, 3.05) is 29.9 Å². The second-order valence-electron chi connectivity index (χ2n) is 11.8. The number of nitrogens with one attached hydrogen (secondary N) is 1. The van der Waals surface area contributed by atoms with Crippen molar-refractivity contribution in [1.82, 2.24) is 14.8 Å². The summed E-state index contributed by atoms with van der Waals surface area (Å²) < 4.78 is 55.9. The van der Waals surface area contributed by atoms with Gasteiger partial charge in [0, 0.05) is 48.4 Å². The number of fused-ring (bicyclic) bond motifs is 1. The molecule has 2 aromatic heterocycles. The number of halogens is 3. The van der Waals surface area contributed by atoms with E-state index in [1.54, 1.807) is 12.3 Å². The van der Waals surface area contributed by atoms with Crippen molar-refractivity contribution in [3.63, 3.8) is 0 Å². The minimum atomic E-state index is -3.85. The zero-order valence-corrected chi connectivity index (χ0v) is 27.9. The highest BCUT2D eigenvalue weighted by Crippen LogP contribution is 2.62. The van der Waals surface area contributed by atoms with Gasteiger partial charge in [0.15, 0.2) is 6.23 Å². The number of aromatic nitrogens is 3. The first kappa shape index (κ1) is 33.7. The smallest absolute Gasteiger partial charge is 0.420 e. The summed E-state index contributed by atoms with van der Waals surface area (Å²) in [6.45, 7) is 1.93. The number of anilines is 2. The van der Waals surface area contributed by atoms with Crippen molar-refractivity contribution in [3.8, 4) is 17.0 Å². The van der Waals surface area contributed by atoms with E-state index in [1.165, 1.54) is 30.5 Å². The largest absolute Gasteiger partial charge is 0.573 e. The number of hydrogen-bond donors (Lipinski definition) is 2. The quantitative estimate of drug-likeness (QED) is 0.137. The number of alkyl halides is 3. The molecule has 2 unspecified atom stereocenters. The molecule has 1 amide bonds. The van der Waals surface area contributed by atoms with Gasteiger partial charge in [-0.3, -0.25) is 4.79 Å². The fraction of sp³-hybridized carbons (Fsp3) is 0.364. The topological polar surface area (TPSA) is 129 Å². The minimum Gasteiger partial charge on any atom is -0.420 e. The van der Waals surface area contributed by atoms with E-state index in [9.17, 15) is 18.5 Å². The molecule has 2 aromatic carbocycles. The van der Waals surface area contributed by atoms with E-state index >= 15 is 0 Å². The lowest BCUT2D eigenvalue weighted by Crippen LogP contribution is -2.26. The van der Waals surface area contributed by atoms with Crippen LogP contribution < -0.4 is 15.0 Å². The summed E-state index contributed by atoms with van der Waals surface area (Å²) in [5, 5.41) is 7.34. The molecule has 2 N–H and O–H groups in total. The molecule has 7 rings (SSSR count). The van der Waals surface area contributed by atoms with Crippen molar-refractivity contribution in [1.29, 1.82) is 0 Å². The van der Waals surface area contributed by atoms with Gasteiger partial charge in [-0.1, -0.05) is 24.3 Å². The van der Waals surface area contributed by atoms with Gasteiger partial charge in [-0.15, -0.1) is 22.4 Å². The second-order valence-corrected chi connectivity index (χ2v) is 14.0. The third-order valence-corrected chi connectivity index (χ3v) is 10.0. The lowest BCUT2D eigenvalue weighted by molar-refractivity contribution is -0.0964. The fourth-order valence-electron chi connectivity index (χ4n) is 6.07. The van der Waals surface area contributed by atoms with E-state index in [1.807, 2.05) is 39.9 Å². The van der Waals surface area contributed by atoms with E-state index in [4.69, 9.17) is 34.9 Å². The Morgan fingerprint density at radius 1 is 1.06 bits per heavy atom. The van der Waals surface area contributed by atoms with Crippen molar-refractivity contribution in [2.24, 2.45) is 0 Å². The Morgan fingerprint density at radius 3 is 2.51 bits per heavy atom. The van der Waals surface area contributed by atoms with E-state index in [-0.39, 0.29) is 30.8 Å². The SMILES string of the molecule is O=C(Nc1ccc(OC(F)(F)Cl)cc1)c1cnc(N2CCC(O[P+]3(O)OCc4ccccc4CO3)C2)c(-c2ccnn2C2CCCCO2)c1. The summed E-state index contributed by atoms with van der Waals surface area (Å²) >= 11 is 4.85. The average Bonchev–Trinajstić information content (AvgIpc) is 3.74. The molecule has 5 heterocycles. The van der Waals surface area contributed by atoms with Crippen LogP contribution in [0.4, 0.5) is 20.3 Å². The molecule has 258 valence electrons. The highest BCUT2D eigenvalue weighted by atomic mass is 35.5. The van der Waals surface area contributed by atoms with Crippen LogP contribution in [0.25, 0.3) is 11.3 Å². The van der Waals surface area contributed by atoms with Gasteiger partial charge < -0.3 is 19.7 Å². The molecule has 3 aliphatic heterocycles. The summed E-state index contributed by atoms with van der Waals surface area (Å²) in [6, 6.07) is 16.7. The zero-order chi connectivity index (χ0) is 34.0.